The van der Waals surface area contributed by atoms with Crippen molar-refractivity contribution < 1.29 is 13.5 Å². The van der Waals surface area contributed by atoms with E-state index in [2.05, 4.69) is 42.6 Å². The lowest BCUT2D eigenvalue weighted by atomic mass is 10.2. The molecular formula is C19H26F2IN5OS. The summed E-state index contributed by atoms with van der Waals surface area (Å²) in [7, 11) is 1.73. The van der Waals surface area contributed by atoms with Crippen LogP contribution in [0.1, 0.15) is 24.0 Å². The van der Waals surface area contributed by atoms with Gasteiger partial charge in [-0.25, -0.2) is 4.98 Å². The van der Waals surface area contributed by atoms with Crippen molar-refractivity contribution in [1.29, 1.82) is 0 Å². The first-order valence-corrected chi connectivity index (χ1v) is 10.2. The third-order valence-corrected chi connectivity index (χ3v) is 5.56. The highest BCUT2D eigenvalue weighted by molar-refractivity contribution is 14.0. The van der Waals surface area contributed by atoms with Gasteiger partial charge in [0.25, 0.3) is 0 Å². The Hall–Kier alpha value is -1.69. The van der Waals surface area contributed by atoms with E-state index in [-0.39, 0.29) is 35.8 Å². The second-order valence-corrected chi connectivity index (χ2v) is 7.38. The molecule has 2 N–H and O–H groups in total. The van der Waals surface area contributed by atoms with Crippen LogP contribution >= 0.6 is 35.3 Å². The minimum absolute atomic E-state index is 0. The number of aryl methyl sites for hydroxylation is 1. The lowest BCUT2D eigenvalue weighted by Crippen LogP contribution is -2.44. The molecule has 0 radical (unpaired) electrons. The third-order valence-electron chi connectivity index (χ3n) is 4.51. The highest BCUT2D eigenvalue weighted by Crippen LogP contribution is 2.31. The molecule has 29 heavy (non-hydrogen) atoms. The Morgan fingerprint density at radius 2 is 2.21 bits per heavy atom. The normalized spacial score (nSPS) is 16.7. The van der Waals surface area contributed by atoms with Crippen molar-refractivity contribution in [3.8, 4) is 5.75 Å². The molecule has 0 amide bonds. The number of aliphatic imine (C=N–C) groups is 1. The Kier molecular flexibility index (Phi) is 9.34. The van der Waals surface area contributed by atoms with Crippen molar-refractivity contribution in [2.45, 2.75) is 39.0 Å². The predicted octanol–water partition coefficient (Wildman–Crippen LogP) is 3.87. The van der Waals surface area contributed by atoms with E-state index >= 15 is 0 Å². The molecule has 1 aliphatic heterocycles. The Bertz CT molecular complexity index is 804. The summed E-state index contributed by atoms with van der Waals surface area (Å²) in [6, 6.07) is 7.06. The van der Waals surface area contributed by atoms with Crippen molar-refractivity contribution in [1.82, 2.24) is 15.6 Å². The second kappa shape index (κ2) is 11.5. The summed E-state index contributed by atoms with van der Waals surface area (Å²) in [5, 5.41) is 9.86. The smallest absolute Gasteiger partial charge is 0.387 e. The molecule has 1 aromatic heterocycles. The fraction of sp³-hybridized carbons (Fsp3) is 0.474. The maximum absolute atomic E-state index is 12.6. The molecule has 1 saturated heterocycles. The highest BCUT2D eigenvalue weighted by atomic mass is 127. The molecule has 1 aliphatic rings. The third kappa shape index (κ3) is 6.66. The average Bonchev–Trinajstić information content (AvgIpc) is 3.34. The van der Waals surface area contributed by atoms with Gasteiger partial charge in [0.15, 0.2) is 5.96 Å². The lowest BCUT2D eigenvalue weighted by Gasteiger charge is -2.22. The monoisotopic (exact) mass is 537 g/mol. The molecule has 3 rings (SSSR count). The van der Waals surface area contributed by atoms with Crippen LogP contribution in [0.15, 0.2) is 34.6 Å². The summed E-state index contributed by atoms with van der Waals surface area (Å²) >= 11 is 1.66. The number of aromatic nitrogens is 1. The second-order valence-electron chi connectivity index (χ2n) is 6.43. The van der Waals surface area contributed by atoms with Gasteiger partial charge in [0, 0.05) is 31.6 Å². The lowest BCUT2D eigenvalue weighted by molar-refractivity contribution is -0.0495. The van der Waals surface area contributed by atoms with Crippen LogP contribution in [0, 0.1) is 0 Å². The summed E-state index contributed by atoms with van der Waals surface area (Å²) in [6.07, 6.45) is 1.81. The Balaban J connectivity index is 0.00000300. The molecule has 2 heterocycles. The van der Waals surface area contributed by atoms with E-state index in [0.717, 1.165) is 30.1 Å². The van der Waals surface area contributed by atoms with Crippen LogP contribution in [-0.4, -0.2) is 43.7 Å². The Morgan fingerprint density at radius 1 is 1.41 bits per heavy atom. The van der Waals surface area contributed by atoms with Crippen molar-refractivity contribution in [3.05, 3.63) is 40.3 Å². The number of nitrogens with one attached hydrogen (secondary N) is 2. The number of nitrogens with zero attached hydrogens (tertiary/aromatic N) is 3. The van der Waals surface area contributed by atoms with Gasteiger partial charge in [0.1, 0.15) is 5.75 Å². The van der Waals surface area contributed by atoms with Gasteiger partial charge >= 0.3 is 6.61 Å². The Labute approximate surface area is 190 Å². The standard InChI is InChI=1S/C19H25F2N5OS.HI/c1-3-17-24-14(12-28-17)10-23-19(22-2)25-13-8-9-26(11-13)15-6-4-5-7-16(15)27-18(20)21;/h4-7,12-13,18H,3,8-11H2,1-2H3,(H2,22,23,25);1H. The highest BCUT2D eigenvalue weighted by Gasteiger charge is 2.26. The minimum atomic E-state index is -2.83. The zero-order valence-corrected chi connectivity index (χ0v) is 19.5. The van der Waals surface area contributed by atoms with Crippen molar-refractivity contribution >= 4 is 47.0 Å². The molecule has 0 aliphatic carbocycles. The van der Waals surface area contributed by atoms with Crippen LogP contribution in [0.3, 0.4) is 0 Å². The molecular weight excluding hydrogens is 511 g/mol. The van der Waals surface area contributed by atoms with Gasteiger partial charge in [-0.1, -0.05) is 19.1 Å². The first-order chi connectivity index (χ1) is 13.6. The molecule has 10 heteroatoms. The molecule has 1 aromatic carbocycles. The summed E-state index contributed by atoms with van der Waals surface area (Å²) in [5.74, 6) is 0.908. The maximum atomic E-state index is 12.6. The van der Waals surface area contributed by atoms with Gasteiger partial charge < -0.3 is 20.3 Å². The van der Waals surface area contributed by atoms with E-state index in [0.29, 0.717) is 24.7 Å². The topological polar surface area (TPSA) is 61.8 Å². The van der Waals surface area contributed by atoms with Crippen molar-refractivity contribution in [2.75, 3.05) is 25.0 Å². The van der Waals surface area contributed by atoms with E-state index in [1.165, 1.54) is 0 Å². The van der Waals surface area contributed by atoms with Gasteiger partial charge in [-0.15, -0.1) is 35.3 Å². The molecule has 0 bridgehead atoms. The fourth-order valence-electron chi connectivity index (χ4n) is 3.17. The zero-order valence-electron chi connectivity index (χ0n) is 16.4. The van der Waals surface area contributed by atoms with E-state index < -0.39 is 6.61 Å². The molecule has 0 saturated carbocycles. The van der Waals surface area contributed by atoms with Crippen LogP contribution in [-0.2, 0) is 13.0 Å². The number of para-hydroxylation sites is 2. The molecule has 2 aromatic rings. The zero-order chi connectivity index (χ0) is 19.9. The van der Waals surface area contributed by atoms with Crippen LogP contribution in [0.25, 0.3) is 0 Å². The Morgan fingerprint density at radius 3 is 2.90 bits per heavy atom. The van der Waals surface area contributed by atoms with E-state index in [1.54, 1.807) is 36.6 Å². The maximum Gasteiger partial charge on any atom is 0.387 e. The predicted molar refractivity (Wildman–Crippen MR) is 124 cm³/mol. The first-order valence-electron chi connectivity index (χ1n) is 9.28. The van der Waals surface area contributed by atoms with Gasteiger partial charge in [-0.05, 0) is 25.0 Å². The molecule has 0 spiro atoms. The van der Waals surface area contributed by atoms with Gasteiger partial charge in [0.2, 0.25) is 0 Å². The summed E-state index contributed by atoms with van der Waals surface area (Å²) in [5.41, 5.74) is 1.68. The van der Waals surface area contributed by atoms with Crippen LogP contribution in [0.4, 0.5) is 14.5 Å². The molecule has 160 valence electrons. The summed E-state index contributed by atoms with van der Waals surface area (Å²) in [4.78, 5) is 10.9. The van der Waals surface area contributed by atoms with E-state index in [4.69, 9.17) is 0 Å². The van der Waals surface area contributed by atoms with Crippen LogP contribution < -0.4 is 20.3 Å². The number of hydrogen-bond acceptors (Lipinski definition) is 5. The number of benzene rings is 1. The number of hydrogen-bond donors (Lipinski definition) is 2. The molecule has 1 unspecified atom stereocenters. The minimum Gasteiger partial charge on any atom is -0.433 e. The fourth-order valence-corrected chi connectivity index (χ4v) is 3.91. The van der Waals surface area contributed by atoms with Gasteiger partial charge in [0.05, 0.1) is 22.9 Å². The van der Waals surface area contributed by atoms with Crippen LogP contribution in [0.5, 0.6) is 5.75 Å². The molecule has 1 fully saturated rings. The molecule has 6 nitrogen and oxygen atoms in total. The number of ether oxygens (including phenoxy) is 1. The quantitative estimate of drug-likeness (QED) is 0.319. The summed E-state index contributed by atoms with van der Waals surface area (Å²) < 4.78 is 30.0. The number of anilines is 1. The number of thiazole rings is 1. The number of halogens is 3. The average molecular weight is 537 g/mol. The number of guanidine groups is 1. The van der Waals surface area contributed by atoms with E-state index in [1.807, 2.05) is 6.07 Å². The largest absolute Gasteiger partial charge is 0.433 e. The van der Waals surface area contributed by atoms with Gasteiger partial charge in [-0.3, -0.25) is 4.99 Å². The van der Waals surface area contributed by atoms with Crippen molar-refractivity contribution in [3.63, 3.8) is 0 Å². The van der Waals surface area contributed by atoms with Crippen LogP contribution in [0.2, 0.25) is 0 Å². The van der Waals surface area contributed by atoms with Crippen molar-refractivity contribution in [2.24, 2.45) is 4.99 Å². The van der Waals surface area contributed by atoms with Gasteiger partial charge in [-0.2, -0.15) is 8.78 Å². The summed E-state index contributed by atoms with van der Waals surface area (Å²) in [6.45, 7) is 1.30. The van der Waals surface area contributed by atoms with E-state index in [9.17, 15) is 8.78 Å². The molecule has 1 atom stereocenters. The first kappa shape index (κ1) is 23.6. The number of rotatable bonds is 7. The SMILES string of the molecule is CCc1nc(CNC(=NC)NC2CCN(c3ccccc3OC(F)F)C2)cs1.I. The number of alkyl halides is 2.